The van der Waals surface area contributed by atoms with Gasteiger partial charge in [0.15, 0.2) is 8.32 Å². The highest BCUT2D eigenvalue weighted by Crippen LogP contribution is 2.18. The van der Waals surface area contributed by atoms with E-state index in [1.807, 2.05) is 0 Å². The fourth-order valence-corrected chi connectivity index (χ4v) is 3.17. The number of hydrogen-bond donors (Lipinski definition) is 1. The second-order valence-electron chi connectivity index (χ2n) is 2.70. The molecule has 0 aliphatic heterocycles. The van der Waals surface area contributed by atoms with Crippen LogP contribution >= 0.6 is 0 Å². The number of rotatable bonds is 6. The van der Waals surface area contributed by atoms with Crippen molar-refractivity contribution in [2.45, 2.75) is 18.1 Å². The van der Waals surface area contributed by atoms with E-state index in [-0.39, 0.29) is 0 Å². The van der Waals surface area contributed by atoms with Crippen LogP contribution in [0.15, 0.2) is 38.0 Å². The van der Waals surface area contributed by atoms with Crippen LogP contribution in [-0.2, 0) is 0 Å². The van der Waals surface area contributed by atoms with Crippen LogP contribution in [0.2, 0.25) is 18.1 Å². The highest BCUT2D eigenvalue weighted by atomic mass is 28.4. The summed E-state index contributed by atoms with van der Waals surface area (Å²) in [5.41, 5.74) is 0. The van der Waals surface area contributed by atoms with Gasteiger partial charge in [0.25, 0.3) is 0 Å². The van der Waals surface area contributed by atoms with Crippen LogP contribution < -0.4 is 0 Å². The summed E-state index contributed by atoms with van der Waals surface area (Å²) in [5.74, 6) is 0. The summed E-state index contributed by atoms with van der Waals surface area (Å²) in [4.78, 5) is 9.94. The van der Waals surface area contributed by atoms with Crippen molar-refractivity contribution in [1.82, 2.24) is 0 Å². The molecule has 0 aromatic heterocycles. The molecule has 0 aliphatic carbocycles. The van der Waals surface area contributed by atoms with Crippen molar-refractivity contribution < 1.29 is 4.80 Å². The zero-order chi connectivity index (χ0) is 8.74. The predicted molar refractivity (Wildman–Crippen MR) is 53.0 cm³/mol. The second kappa shape index (κ2) is 5.10. The molecule has 0 rings (SSSR count). The van der Waals surface area contributed by atoms with E-state index in [0.29, 0.717) is 0 Å². The molecule has 0 aliphatic rings. The Bertz CT molecular complexity index is 125. The summed E-state index contributed by atoms with van der Waals surface area (Å²) in [5, 5.41) is 0. The molecule has 0 aromatic rings. The van der Waals surface area contributed by atoms with E-state index in [0.717, 1.165) is 18.1 Å². The van der Waals surface area contributed by atoms with Crippen LogP contribution in [0.5, 0.6) is 0 Å². The van der Waals surface area contributed by atoms with E-state index in [1.165, 1.54) is 0 Å². The maximum absolute atomic E-state index is 9.94. The van der Waals surface area contributed by atoms with Crippen molar-refractivity contribution in [2.75, 3.05) is 0 Å². The lowest BCUT2D eigenvalue weighted by molar-refractivity contribution is 0.542. The van der Waals surface area contributed by atoms with E-state index in [9.17, 15) is 4.80 Å². The smallest absolute Gasteiger partial charge is 0.199 e. The minimum atomic E-state index is -2.10. The molecule has 0 saturated heterocycles. The van der Waals surface area contributed by atoms with Crippen molar-refractivity contribution in [1.29, 1.82) is 0 Å². The molecule has 0 spiro atoms. The van der Waals surface area contributed by atoms with Gasteiger partial charge in [0.05, 0.1) is 0 Å². The first kappa shape index (κ1) is 10.4. The average molecular weight is 168 g/mol. The lowest BCUT2D eigenvalue weighted by Gasteiger charge is -2.19. The predicted octanol–water partition coefficient (Wildman–Crippen LogP) is 2.48. The van der Waals surface area contributed by atoms with Crippen molar-refractivity contribution in [3.8, 4) is 0 Å². The van der Waals surface area contributed by atoms with Gasteiger partial charge in [-0.1, -0.05) is 18.2 Å². The zero-order valence-electron chi connectivity index (χ0n) is 6.92. The summed E-state index contributed by atoms with van der Waals surface area (Å²) in [6, 6.07) is 2.18. The van der Waals surface area contributed by atoms with E-state index < -0.39 is 8.32 Å². The Labute approximate surface area is 69.9 Å². The first-order chi connectivity index (χ1) is 5.18. The molecular formula is C9H16OSi. The minimum absolute atomic E-state index is 0.727. The molecule has 2 heteroatoms. The third-order valence-electron chi connectivity index (χ3n) is 1.57. The molecule has 0 fully saturated rings. The normalized spacial score (nSPS) is 10.6. The Balaban J connectivity index is 4.09. The van der Waals surface area contributed by atoms with Crippen LogP contribution in [0.3, 0.4) is 0 Å². The SMILES string of the molecule is C=CC[Si](O)(CC=C)CC=C. The summed E-state index contributed by atoms with van der Waals surface area (Å²) in [7, 11) is -2.10. The number of hydrogen-bond acceptors (Lipinski definition) is 1. The van der Waals surface area contributed by atoms with Gasteiger partial charge in [-0.2, -0.15) is 0 Å². The lowest BCUT2D eigenvalue weighted by atomic mass is 10.7. The Morgan fingerprint density at radius 1 is 0.909 bits per heavy atom. The van der Waals surface area contributed by atoms with Gasteiger partial charge in [-0.25, -0.2) is 0 Å². The summed E-state index contributed by atoms with van der Waals surface area (Å²) in [6.07, 6.45) is 5.33. The largest absolute Gasteiger partial charge is 0.431 e. The molecule has 1 nitrogen and oxygen atoms in total. The Hall–Kier alpha value is -0.603. The van der Waals surface area contributed by atoms with E-state index >= 15 is 0 Å². The molecule has 0 saturated carbocycles. The van der Waals surface area contributed by atoms with Gasteiger partial charge < -0.3 is 4.80 Å². The Kier molecular flexibility index (Phi) is 4.82. The first-order valence-corrected chi connectivity index (χ1v) is 6.30. The average Bonchev–Trinajstić information content (AvgIpc) is 1.88. The van der Waals surface area contributed by atoms with E-state index in [2.05, 4.69) is 19.7 Å². The van der Waals surface area contributed by atoms with Crippen molar-refractivity contribution in [3.63, 3.8) is 0 Å². The number of allylic oxidation sites excluding steroid dienone is 3. The molecule has 62 valence electrons. The van der Waals surface area contributed by atoms with Crippen LogP contribution in [0.1, 0.15) is 0 Å². The third-order valence-corrected chi connectivity index (χ3v) is 4.72. The molecular weight excluding hydrogens is 152 g/mol. The molecule has 0 unspecified atom stereocenters. The van der Waals surface area contributed by atoms with Crippen molar-refractivity contribution in [3.05, 3.63) is 38.0 Å². The molecule has 0 radical (unpaired) electrons. The van der Waals surface area contributed by atoms with Crippen molar-refractivity contribution in [2.24, 2.45) is 0 Å². The van der Waals surface area contributed by atoms with Gasteiger partial charge in [-0.05, 0) is 18.1 Å². The molecule has 0 bridgehead atoms. The highest BCUT2D eigenvalue weighted by Gasteiger charge is 2.25. The van der Waals surface area contributed by atoms with Crippen LogP contribution in [0.4, 0.5) is 0 Å². The first-order valence-electron chi connectivity index (χ1n) is 3.73. The van der Waals surface area contributed by atoms with Gasteiger partial charge in [0.2, 0.25) is 0 Å². The second-order valence-corrected chi connectivity index (χ2v) is 6.38. The Morgan fingerprint density at radius 3 is 1.36 bits per heavy atom. The molecule has 0 heterocycles. The Morgan fingerprint density at radius 2 is 1.18 bits per heavy atom. The van der Waals surface area contributed by atoms with E-state index in [1.54, 1.807) is 18.2 Å². The fraction of sp³-hybridized carbons (Fsp3) is 0.333. The zero-order valence-corrected chi connectivity index (χ0v) is 7.92. The summed E-state index contributed by atoms with van der Waals surface area (Å²) in [6.45, 7) is 10.8. The van der Waals surface area contributed by atoms with E-state index in [4.69, 9.17) is 0 Å². The maximum atomic E-state index is 9.94. The van der Waals surface area contributed by atoms with Gasteiger partial charge in [-0.15, -0.1) is 19.7 Å². The minimum Gasteiger partial charge on any atom is -0.431 e. The summed E-state index contributed by atoms with van der Waals surface area (Å²) < 4.78 is 0. The topological polar surface area (TPSA) is 20.2 Å². The van der Waals surface area contributed by atoms with Gasteiger partial charge in [0, 0.05) is 0 Å². The quantitative estimate of drug-likeness (QED) is 0.477. The summed E-state index contributed by atoms with van der Waals surface area (Å²) >= 11 is 0. The lowest BCUT2D eigenvalue weighted by Crippen LogP contribution is -2.31. The third kappa shape index (κ3) is 3.96. The van der Waals surface area contributed by atoms with Gasteiger partial charge in [0.1, 0.15) is 0 Å². The maximum Gasteiger partial charge on any atom is 0.199 e. The van der Waals surface area contributed by atoms with Crippen LogP contribution in [0.25, 0.3) is 0 Å². The molecule has 0 aromatic carbocycles. The molecule has 0 amide bonds. The highest BCUT2D eigenvalue weighted by molar-refractivity contribution is 6.73. The van der Waals surface area contributed by atoms with Gasteiger partial charge in [-0.3, -0.25) is 0 Å². The monoisotopic (exact) mass is 168 g/mol. The molecule has 11 heavy (non-hydrogen) atoms. The standard InChI is InChI=1S/C9H16OSi/c1-4-7-11(10,8-5-2)9-6-3/h4-6,10H,1-3,7-9H2. The van der Waals surface area contributed by atoms with Gasteiger partial charge >= 0.3 is 0 Å². The molecule has 0 atom stereocenters. The van der Waals surface area contributed by atoms with Crippen molar-refractivity contribution >= 4 is 8.32 Å². The van der Waals surface area contributed by atoms with Crippen LogP contribution in [-0.4, -0.2) is 13.1 Å². The fourth-order valence-electron chi connectivity index (χ4n) is 1.06. The molecule has 1 N–H and O–H groups in total. The van der Waals surface area contributed by atoms with Crippen LogP contribution in [0, 0.1) is 0 Å².